The molecule has 2 heterocycles. The quantitative estimate of drug-likeness (QED) is 0.714. The summed E-state index contributed by atoms with van der Waals surface area (Å²) in [4.78, 5) is 13.4. The predicted molar refractivity (Wildman–Crippen MR) is 55.7 cm³/mol. The van der Waals surface area contributed by atoms with E-state index in [9.17, 15) is 4.79 Å². The fraction of sp³-hybridized carbons (Fsp3) is 0.727. The minimum Gasteiger partial charge on any atom is -0.319 e. The van der Waals surface area contributed by atoms with Crippen LogP contribution in [-0.4, -0.2) is 30.4 Å². The van der Waals surface area contributed by atoms with Crippen molar-refractivity contribution in [3.63, 3.8) is 0 Å². The second kappa shape index (κ2) is 4.60. The molecule has 0 aromatic rings. The largest absolute Gasteiger partial charge is 0.319 e. The normalized spacial score (nSPS) is 28.1. The van der Waals surface area contributed by atoms with Gasteiger partial charge in [0.25, 0.3) is 0 Å². The maximum absolute atomic E-state index is 11.5. The van der Waals surface area contributed by atoms with Gasteiger partial charge in [-0.25, -0.2) is 0 Å². The van der Waals surface area contributed by atoms with Crippen molar-refractivity contribution in [2.75, 3.05) is 19.6 Å². The Morgan fingerprint density at radius 2 is 2.50 bits per heavy atom. The number of hydrogen-bond acceptors (Lipinski definition) is 2. The van der Waals surface area contributed by atoms with E-state index in [1.54, 1.807) is 0 Å². The molecule has 0 aromatic heterocycles. The van der Waals surface area contributed by atoms with E-state index in [1.165, 1.54) is 12.8 Å². The smallest absolute Gasteiger partial charge is 0.226 e. The van der Waals surface area contributed by atoms with Crippen LogP contribution in [0.2, 0.25) is 0 Å². The van der Waals surface area contributed by atoms with Gasteiger partial charge in [-0.1, -0.05) is 6.08 Å². The summed E-state index contributed by atoms with van der Waals surface area (Å²) in [6.45, 7) is 3.11. The molecule has 78 valence electrons. The topological polar surface area (TPSA) is 32.3 Å². The van der Waals surface area contributed by atoms with Gasteiger partial charge in [-0.2, -0.15) is 0 Å². The highest BCUT2D eigenvalue weighted by molar-refractivity contribution is 5.78. The van der Waals surface area contributed by atoms with Crippen molar-refractivity contribution < 1.29 is 4.79 Å². The van der Waals surface area contributed by atoms with Crippen LogP contribution in [0.4, 0.5) is 0 Å². The number of rotatable bonds is 2. The Bertz CT molecular complexity index is 231. The van der Waals surface area contributed by atoms with Crippen molar-refractivity contribution in [3.8, 4) is 0 Å². The van der Waals surface area contributed by atoms with E-state index in [0.29, 0.717) is 12.3 Å². The van der Waals surface area contributed by atoms with Crippen molar-refractivity contribution in [3.05, 3.63) is 12.3 Å². The molecule has 1 unspecified atom stereocenters. The monoisotopic (exact) mass is 194 g/mol. The van der Waals surface area contributed by atoms with Crippen molar-refractivity contribution in [1.29, 1.82) is 0 Å². The molecule has 1 fully saturated rings. The van der Waals surface area contributed by atoms with Gasteiger partial charge in [-0.3, -0.25) is 4.79 Å². The van der Waals surface area contributed by atoms with Crippen LogP contribution in [0.5, 0.6) is 0 Å². The standard InChI is InChI=1S/C11H18N2O/c14-11-5-1-2-7-13(11)9-10-4-3-6-12-8-10/h2,7,10,12H,1,3-6,8-9H2. The number of hydrogen-bond donors (Lipinski definition) is 1. The lowest BCUT2D eigenvalue weighted by atomic mass is 9.98. The molecule has 3 heteroatoms. The average Bonchev–Trinajstić information content (AvgIpc) is 2.23. The van der Waals surface area contributed by atoms with Crippen LogP contribution in [0.1, 0.15) is 25.7 Å². The van der Waals surface area contributed by atoms with Gasteiger partial charge in [0.05, 0.1) is 0 Å². The van der Waals surface area contributed by atoms with E-state index in [1.807, 2.05) is 11.1 Å². The molecule has 0 aliphatic carbocycles. The van der Waals surface area contributed by atoms with Gasteiger partial charge in [0, 0.05) is 19.2 Å². The highest BCUT2D eigenvalue weighted by Crippen LogP contribution is 2.15. The summed E-state index contributed by atoms with van der Waals surface area (Å²) in [5.74, 6) is 0.938. The number of nitrogens with one attached hydrogen (secondary N) is 1. The zero-order valence-electron chi connectivity index (χ0n) is 8.54. The number of piperidine rings is 1. The molecule has 0 saturated carbocycles. The Kier molecular flexibility index (Phi) is 3.19. The van der Waals surface area contributed by atoms with Crippen LogP contribution in [-0.2, 0) is 4.79 Å². The van der Waals surface area contributed by atoms with Gasteiger partial charge >= 0.3 is 0 Å². The minimum atomic E-state index is 0.290. The summed E-state index contributed by atoms with van der Waals surface area (Å²) >= 11 is 0. The highest BCUT2D eigenvalue weighted by Gasteiger charge is 2.20. The van der Waals surface area contributed by atoms with E-state index >= 15 is 0 Å². The fourth-order valence-electron chi connectivity index (χ4n) is 2.16. The predicted octanol–water partition coefficient (Wildman–Crippen LogP) is 1.12. The molecule has 1 atom stereocenters. The van der Waals surface area contributed by atoms with Crippen LogP contribution in [0.15, 0.2) is 12.3 Å². The maximum atomic E-state index is 11.5. The average molecular weight is 194 g/mol. The van der Waals surface area contributed by atoms with Crippen molar-refractivity contribution in [2.24, 2.45) is 5.92 Å². The third kappa shape index (κ3) is 2.35. The van der Waals surface area contributed by atoms with Crippen LogP contribution in [0.25, 0.3) is 0 Å². The highest BCUT2D eigenvalue weighted by atomic mass is 16.2. The summed E-state index contributed by atoms with van der Waals surface area (Å²) in [5, 5.41) is 3.38. The number of carbonyl (C=O) groups is 1. The van der Waals surface area contributed by atoms with Crippen LogP contribution in [0, 0.1) is 5.92 Å². The van der Waals surface area contributed by atoms with Gasteiger partial charge in [0.2, 0.25) is 5.91 Å². The maximum Gasteiger partial charge on any atom is 0.226 e. The van der Waals surface area contributed by atoms with Crippen molar-refractivity contribution in [1.82, 2.24) is 10.2 Å². The summed E-state index contributed by atoms with van der Waals surface area (Å²) in [6, 6.07) is 0. The lowest BCUT2D eigenvalue weighted by molar-refractivity contribution is -0.129. The van der Waals surface area contributed by atoms with E-state index < -0.39 is 0 Å². The Balaban J connectivity index is 1.85. The Labute approximate surface area is 85.2 Å². The van der Waals surface area contributed by atoms with E-state index in [0.717, 1.165) is 26.1 Å². The van der Waals surface area contributed by atoms with Gasteiger partial charge in [0.15, 0.2) is 0 Å². The van der Waals surface area contributed by atoms with Crippen LogP contribution >= 0.6 is 0 Å². The van der Waals surface area contributed by atoms with E-state index in [2.05, 4.69) is 11.4 Å². The molecule has 0 spiro atoms. The zero-order valence-corrected chi connectivity index (χ0v) is 8.54. The first-order valence-electron chi connectivity index (χ1n) is 5.53. The molecule has 2 rings (SSSR count). The summed E-state index contributed by atoms with van der Waals surface area (Å²) in [7, 11) is 0. The first-order valence-corrected chi connectivity index (χ1v) is 5.53. The third-order valence-corrected chi connectivity index (χ3v) is 2.98. The zero-order chi connectivity index (χ0) is 9.80. The lowest BCUT2D eigenvalue weighted by Gasteiger charge is -2.29. The molecule has 3 nitrogen and oxygen atoms in total. The Morgan fingerprint density at radius 3 is 3.21 bits per heavy atom. The van der Waals surface area contributed by atoms with Crippen LogP contribution in [0.3, 0.4) is 0 Å². The number of carbonyl (C=O) groups excluding carboxylic acids is 1. The lowest BCUT2D eigenvalue weighted by Crippen LogP contribution is -2.39. The number of amides is 1. The second-order valence-corrected chi connectivity index (χ2v) is 4.18. The summed E-state index contributed by atoms with van der Waals surface area (Å²) in [5.41, 5.74) is 0. The van der Waals surface area contributed by atoms with Gasteiger partial charge < -0.3 is 10.2 Å². The van der Waals surface area contributed by atoms with Crippen LogP contribution < -0.4 is 5.32 Å². The van der Waals surface area contributed by atoms with Gasteiger partial charge in [-0.15, -0.1) is 0 Å². The Hall–Kier alpha value is -0.830. The molecule has 1 amide bonds. The Morgan fingerprint density at radius 1 is 1.57 bits per heavy atom. The first-order chi connectivity index (χ1) is 6.86. The molecule has 0 bridgehead atoms. The van der Waals surface area contributed by atoms with Crippen molar-refractivity contribution >= 4 is 5.91 Å². The second-order valence-electron chi connectivity index (χ2n) is 4.18. The molecular formula is C11H18N2O. The molecule has 2 aliphatic heterocycles. The summed E-state index contributed by atoms with van der Waals surface area (Å²) < 4.78 is 0. The fourth-order valence-corrected chi connectivity index (χ4v) is 2.16. The van der Waals surface area contributed by atoms with Crippen molar-refractivity contribution in [2.45, 2.75) is 25.7 Å². The van der Waals surface area contributed by atoms with Gasteiger partial charge in [0.1, 0.15) is 0 Å². The molecule has 14 heavy (non-hydrogen) atoms. The number of allylic oxidation sites excluding steroid dienone is 1. The van der Waals surface area contributed by atoms with E-state index in [4.69, 9.17) is 0 Å². The molecule has 1 N–H and O–H groups in total. The minimum absolute atomic E-state index is 0.290. The molecular weight excluding hydrogens is 176 g/mol. The molecule has 1 saturated heterocycles. The first kappa shape index (κ1) is 9.71. The molecule has 2 aliphatic rings. The molecule has 0 aromatic carbocycles. The number of nitrogens with zero attached hydrogens (tertiary/aromatic N) is 1. The van der Waals surface area contributed by atoms with E-state index in [-0.39, 0.29) is 5.91 Å². The van der Waals surface area contributed by atoms with Gasteiger partial charge in [-0.05, 0) is 38.3 Å². The summed E-state index contributed by atoms with van der Waals surface area (Å²) in [6.07, 6.45) is 8.16. The SMILES string of the molecule is O=C1CCC=CN1CC1CCCNC1. The third-order valence-electron chi connectivity index (χ3n) is 2.98. The molecule has 0 radical (unpaired) electrons.